The molecule has 9 nitrogen and oxygen atoms in total. The number of nitrogens with one attached hydrogen (secondary N) is 1. The van der Waals surface area contributed by atoms with E-state index in [1.165, 1.54) is 0 Å². The van der Waals surface area contributed by atoms with Gasteiger partial charge in [0.15, 0.2) is 12.1 Å². The van der Waals surface area contributed by atoms with E-state index in [1.54, 1.807) is 30.3 Å². The molecule has 0 aliphatic rings. The number of nitrogens with two attached hydrogens (primary N) is 1. The van der Waals surface area contributed by atoms with Gasteiger partial charge in [0.2, 0.25) is 5.91 Å². The van der Waals surface area contributed by atoms with Gasteiger partial charge in [0.1, 0.15) is 13.4 Å². The normalized spacial score (nSPS) is 12.6. The fourth-order valence-corrected chi connectivity index (χ4v) is 2.36. The number of aliphatic carboxylic acids is 1. The second kappa shape index (κ2) is 11.4. The number of benzene rings is 2. The SMILES string of the molecule is NC(=O)[C@@H](OCOCc1ccccc1)[C@H](NC(=O)OCc1ccccc1)C(=O)O. The van der Waals surface area contributed by atoms with Crippen molar-refractivity contribution in [2.45, 2.75) is 25.4 Å². The lowest BCUT2D eigenvalue weighted by atomic mass is 10.1. The molecule has 2 amide bonds. The zero-order chi connectivity index (χ0) is 21.1. The van der Waals surface area contributed by atoms with Gasteiger partial charge < -0.3 is 30.4 Å². The first-order valence-electron chi connectivity index (χ1n) is 8.70. The minimum Gasteiger partial charge on any atom is -0.480 e. The highest BCUT2D eigenvalue weighted by Gasteiger charge is 2.35. The third kappa shape index (κ3) is 7.60. The summed E-state index contributed by atoms with van der Waals surface area (Å²) in [6, 6.07) is 16.2. The molecule has 0 bridgehead atoms. The number of carboxylic acids is 1. The molecular formula is C20H22N2O7. The molecule has 29 heavy (non-hydrogen) atoms. The first-order valence-corrected chi connectivity index (χ1v) is 8.70. The highest BCUT2D eigenvalue weighted by atomic mass is 16.7. The molecule has 0 unspecified atom stereocenters. The van der Waals surface area contributed by atoms with Crippen LogP contribution in [0.4, 0.5) is 4.79 Å². The van der Waals surface area contributed by atoms with Crippen molar-refractivity contribution in [2.75, 3.05) is 6.79 Å². The van der Waals surface area contributed by atoms with Gasteiger partial charge in [-0.3, -0.25) is 4.79 Å². The minimum atomic E-state index is -1.74. The van der Waals surface area contributed by atoms with Crippen LogP contribution in [0.25, 0.3) is 0 Å². The Hall–Kier alpha value is -3.43. The Morgan fingerprint density at radius 2 is 1.48 bits per heavy atom. The molecule has 9 heteroatoms. The van der Waals surface area contributed by atoms with Crippen molar-refractivity contribution in [2.24, 2.45) is 5.73 Å². The van der Waals surface area contributed by atoms with E-state index >= 15 is 0 Å². The predicted octanol–water partition coefficient (Wildman–Crippen LogP) is 1.41. The molecule has 0 aromatic heterocycles. The minimum absolute atomic E-state index is 0.0682. The molecule has 0 aliphatic heterocycles. The van der Waals surface area contributed by atoms with E-state index < -0.39 is 36.9 Å². The fourth-order valence-electron chi connectivity index (χ4n) is 2.36. The van der Waals surface area contributed by atoms with Crippen LogP contribution >= 0.6 is 0 Å². The largest absolute Gasteiger partial charge is 0.480 e. The predicted molar refractivity (Wildman–Crippen MR) is 101 cm³/mol. The number of carboxylic acid groups (broad SMARTS) is 1. The molecule has 0 fully saturated rings. The van der Waals surface area contributed by atoms with Gasteiger partial charge in [-0.2, -0.15) is 0 Å². The number of ether oxygens (including phenoxy) is 3. The summed E-state index contributed by atoms with van der Waals surface area (Å²) in [6.45, 7) is -0.273. The van der Waals surface area contributed by atoms with Crippen LogP contribution in [0.15, 0.2) is 60.7 Å². The zero-order valence-corrected chi connectivity index (χ0v) is 15.5. The number of carbonyl (C=O) groups is 3. The maximum Gasteiger partial charge on any atom is 0.408 e. The quantitative estimate of drug-likeness (QED) is 0.382. The van der Waals surface area contributed by atoms with Crippen molar-refractivity contribution in [1.82, 2.24) is 5.32 Å². The first kappa shape index (κ1) is 21.9. The number of hydrogen-bond donors (Lipinski definition) is 3. The third-order valence-electron chi connectivity index (χ3n) is 3.78. The molecule has 0 aliphatic carbocycles. The summed E-state index contributed by atoms with van der Waals surface area (Å²) < 4.78 is 15.4. The van der Waals surface area contributed by atoms with Crippen LogP contribution in [0.3, 0.4) is 0 Å². The molecular weight excluding hydrogens is 380 g/mol. The maximum absolute atomic E-state index is 11.9. The summed E-state index contributed by atoms with van der Waals surface area (Å²) in [7, 11) is 0. The molecule has 4 N–H and O–H groups in total. The topological polar surface area (TPSA) is 137 Å². The molecule has 0 radical (unpaired) electrons. The van der Waals surface area contributed by atoms with E-state index in [4.69, 9.17) is 19.9 Å². The highest BCUT2D eigenvalue weighted by Crippen LogP contribution is 2.06. The van der Waals surface area contributed by atoms with E-state index in [0.717, 1.165) is 5.56 Å². The molecule has 154 valence electrons. The second-order valence-electron chi connectivity index (χ2n) is 5.96. The molecule has 0 saturated carbocycles. The van der Waals surface area contributed by atoms with Crippen LogP contribution < -0.4 is 11.1 Å². The zero-order valence-electron chi connectivity index (χ0n) is 15.5. The Labute approximate surface area is 167 Å². The van der Waals surface area contributed by atoms with Crippen LogP contribution in [0, 0.1) is 0 Å². The number of hydrogen-bond acceptors (Lipinski definition) is 6. The van der Waals surface area contributed by atoms with Gasteiger partial charge in [0.05, 0.1) is 6.61 Å². The maximum atomic E-state index is 11.9. The lowest BCUT2D eigenvalue weighted by molar-refractivity contribution is -0.158. The van der Waals surface area contributed by atoms with Gasteiger partial charge in [0.25, 0.3) is 0 Å². The van der Waals surface area contributed by atoms with Crippen molar-refractivity contribution in [3.63, 3.8) is 0 Å². The van der Waals surface area contributed by atoms with E-state index in [1.807, 2.05) is 30.3 Å². The Bertz CT molecular complexity index is 799. The Kier molecular flexibility index (Phi) is 8.61. The van der Waals surface area contributed by atoms with Gasteiger partial charge in [-0.05, 0) is 11.1 Å². The summed E-state index contributed by atoms with van der Waals surface area (Å²) in [5.74, 6) is -2.57. The van der Waals surface area contributed by atoms with Crippen molar-refractivity contribution in [3.8, 4) is 0 Å². The average Bonchev–Trinajstić information content (AvgIpc) is 2.72. The molecule has 0 saturated heterocycles. The smallest absolute Gasteiger partial charge is 0.408 e. The Morgan fingerprint density at radius 3 is 2.00 bits per heavy atom. The number of alkyl carbamates (subject to hydrolysis) is 1. The van der Waals surface area contributed by atoms with Crippen molar-refractivity contribution < 1.29 is 33.7 Å². The molecule has 2 rings (SSSR count). The molecule has 2 aromatic carbocycles. The monoisotopic (exact) mass is 402 g/mol. The Morgan fingerprint density at radius 1 is 0.931 bits per heavy atom. The van der Waals surface area contributed by atoms with Crippen molar-refractivity contribution in [1.29, 1.82) is 0 Å². The highest BCUT2D eigenvalue weighted by molar-refractivity contribution is 5.90. The standard InChI is InChI=1S/C20H22N2O7/c21-18(23)17(29-13-27-11-14-7-3-1-4-8-14)16(19(24)25)22-20(26)28-12-15-9-5-2-6-10-15/h1-10,16-17H,11-13H2,(H2,21,23)(H,22,26)(H,24,25)/t16-,17-/m0/s1. The number of rotatable bonds is 11. The van der Waals surface area contributed by atoms with E-state index in [0.29, 0.717) is 5.56 Å². The third-order valence-corrected chi connectivity index (χ3v) is 3.78. The van der Waals surface area contributed by atoms with Gasteiger partial charge in [-0.1, -0.05) is 60.7 Å². The van der Waals surface area contributed by atoms with E-state index in [2.05, 4.69) is 5.32 Å². The lowest BCUT2D eigenvalue weighted by Gasteiger charge is -2.22. The molecule has 0 heterocycles. The number of carbonyl (C=O) groups excluding carboxylic acids is 2. The summed E-state index contributed by atoms with van der Waals surface area (Å²) in [5, 5.41) is 11.4. The molecule has 2 atom stereocenters. The lowest BCUT2D eigenvalue weighted by Crippen LogP contribution is -2.55. The van der Waals surface area contributed by atoms with Crippen molar-refractivity contribution >= 4 is 18.0 Å². The second-order valence-corrected chi connectivity index (χ2v) is 5.96. The first-order chi connectivity index (χ1) is 14.0. The summed E-state index contributed by atoms with van der Waals surface area (Å²) in [6.07, 6.45) is -2.67. The summed E-state index contributed by atoms with van der Waals surface area (Å²) in [5.41, 5.74) is 6.81. The summed E-state index contributed by atoms with van der Waals surface area (Å²) in [4.78, 5) is 35.1. The van der Waals surface area contributed by atoms with Gasteiger partial charge in [0, 0.05) is 0 Å². The van der Waals surface area contributed by atoms with Crippen LogP contribution in [-0.2, 0) is 37.0 Å². The van der Waals surface area contributed by atoms with Crippen LogP contribution in [-0.4, -0.2) is 42.0 Å². The van der Waals surface area contributed by atoms with E-state index in [-0.39, 0.29) is 13.2 Å². The number of primary amides is 1. The van der Waals surface area contributed by atoms with Gasteiger partial charge in [-0.15, -0.1) is 0 Å². The molecule has 2 aromatic rings. The fraction of sp³-hybridized carbons (Fsp3) is 0.250. The van der Waals surface area contributed by atoms with Gasteiger partial charge >= 0.3 is 12.1 Å². The summed E-state index contributed by atoms with van der Waals surface area (Å²) >= 11 is 0. The van der Waals surface area contributed by atoms with Crippen LogP contribution in [0.5, 0.6) is 0 Å². The molecule has 0 spiro atoms. The van der Waals surface area contributed by atoms with Crippen molar-refractivity contribution in [3.05, 3.63) is 71.8 Å². The van der Waals surface area contributed by atoms with Crippen LogP contribution in [0.2, 0.25) is 0 Å². The number of amides is 2. The Balaban J connectivity index is 1.87. The van der Waals surface area contributed by atoms with Crippen LogP contribution in [0.1, 0.15) is 11.1 Å². The average molecular weight is 402 g/mol. The van der Waals surface area contributed by atoms with Gasteiger partial charge in [-0.25, -0.2) is 9.59 Å². The van der Waals surface area contributed by atoms with E-state index in [9.17, 15) is 19.5 Å².